The lowest BCUT2D eigenvalue weighted by atomic mass is 10.0. The maximum atomic E-state index is 12.6. The summed E-state index contributed by atoms with van der Waals surface area (Å²) in [4.78, 5) is 17.0. The van der Waals surface area contributed by atoms with Crippen molar-refractivity contribution in [2.75, 3.05) is 5.32 Å². The van der Waals surface area contributed by atoms with Crippen LogP contribution >= 0.6 is 22.9 Å². The number of thiazole rings is 1. The predicted octanol–water partition coefficient (Wildman–Crippen LogP) is 5.43. The van der Waals surface area contributed by atoms with E-state index < -0.39 is 0 Å². The zero-order chi connectivity index (χ0) is 17.1. The summed E-state index contributed by atoms with van der Waals surface area (Å²) in [7, 11) is 0. The molecule has 1 amide bonds. The second kappa shape index (κ2) is 7.20. The van der Waals surface area contributed by atoms with Gasteiger partial charge in [0.1, 0.15) is 5.69 Å². The van der Waals surface area contributed by atoms with Crippen LogP contribution in [0.15, 0.2) is 40.3 Å². The van der Waals surface area contributed by atoms with Gasteiger partial charge in [0.2, 0.25) is 0 Å². The Labute approximate surface area is 149 Å². The molecular formula is C18H17ClN2O2S. The largest absolute Gasteiger partial charge is 0.462 e. The summed E-state index contributed by atoms with van der Waals surface area (Å²) in [5, 5.41) is 6.07. The van der Waals surface area contributed by atoms with Gasteiger partial charge in [-0.15, -0.1) is 11.3 Å². The lowest BCUT2D eigenvalue weighted by Gasteiger charge is -2.15. The van der Waals surface area contributed by atoms with Crippen LogP contribution in [0.5, 0.6) is 0 Å². The number of hydrogen-bond acceptors (Lipinski definition) is 4. The number of carbonyl (C=O) groups is 1. The Morgan fingerprint density at radius 1 is 1.29 bits per heavy atom. The van der Waals surface area contributed by atoms with Gasteiger partial charge in [0, 0.05) is 16.1 Å². The van der Waals surface area contributed by atoms with Crippen LogP contribution in [0.25, 0.3) is 10.8 Å². The number of nitrogens with one attached hydrogen (secondary N) is 1. The van der Waals surface area contributed by atoms with E-state index in [1.165, 1.54) is 11.3 Å². The van der Waals surface area contributed by atoms with E-state index in [1.807, 2.05) is 25.1 Å². The number of rotatable bonds is 5. The van der Waals surface area contributed by atoms with Crippen molar-refractivity contribution >= 4 is 34.5 Å². The average Bonchev–Trinajstić information content (AvgIpc) is 3.26. The van der Waals surface area contributed by atoms with Crippen molar-refractivity contribution in [3.05, 3.63) is 57.8 Å². The van der Waals surface area contributed by atoms with E-state index in [1.54, 1.807) is 17.7 Å². The van der Waals surface area contributed by atoms with E-state index >= 15 is 0 Å². The summed E-state index contributed by atoms with van der Waals surface area (Å²) >= 11 is 7.66. The minimum atomic E-state index is -0.240. The molecule has 0 bridgehead atoms. The van der Waals surface area contributed by atoms with Gasteiger partial charge in [-0.2, -0.15) is 0 Å². The number of halogens is 1. The molecule has 0 atom stereocenters. The second-order valence-electron chi connectivity index (χ2n) is 5.24. The van der Waals surface area contributed by atoms with Crippen LogP contribution in [0.2, 0.25) is 5.02 Å². The molecule has 0 unspecified atom stereocenters. The molecule has 0 saturated heterocycles. The topological polar surface area (TPSA) is 55.1 Å². The fourth-order valence-electron chi connectivity index (χ4n) is 2.54. The molecule has 4 nitrogen and oxygen atoms in total. The molecule has 124 valence electrons. The van der Waals surface area contributed by atoms with Crippen LogP contribution in [0.3, 0.4) is 0 Å². The SMILES string of the molecule is CCc1ccc(Cl)c(CC)c1NC(=O)c1csc(-c2ccco2)n1. The first-order valence-electron chi connectivity index (χ1n) is 7.75. The van der Waals surface area contributed by atoms with Crippen molar-refractivity contribution in [2.24, 2.45) is 0 Å². The van der Waals surface area contributed by atoms with Crippen molar-refractivity contribution < 1.29 is 9.21 Å². The van der Waals surface area contributed by atoms with Crippen molar-refractivity contribution in [3.63, 3.8) is 0 Å². The number of nitrogens with zero attached hydrogens (tertiary/aromatic N) is 1. The van der Waals surface area contributed by atoms with Crippen LogP contribution < -0.4 is 5.32 Å². The van der Waals surface area contributed by atoms with Gasteiger partial charge < -0.3 is 9.73 Å². The molecular weight excluding hydrogens is 344 g/mol. The minimum Gasteiger partial charge on any atom is -0.462 e. The quantitative estimate of drug-likeness (QED) is 0.659. The van der Waals surface area contributed by atoms with Crippen LogP contribution in [-0.2, 0) is 12.8 Å². The van der Waals surface area contributed by atoms with Crippen molar-refractivity contribution in [1.29, 1.82) is 0 Å². The highest BCUT2D eigenvalue weighted by atomic mass is 35.5. The minimum absolute atomic E-state index is 0.240. The molecule has 0 aliphatic rings. The molecule has 0 radical (unpaired) electrons. The number of amides is 1. The Bertz CT molecular complexity index is 856. The Morgan fingerprint density at radius 2 is 2.12 bits per heavy atom. The highest BCUT2D eigenvalue weighted by Gasteiger charge is 2.17. The Hall–Kier alpha value is -2.11. The molecule has 24 heavy (non-hydrogen) atoms. The Kier molecular flexibility index (Phi) is 5.02. The number of furan rings is 1. The van der Waals surface area contributed by atoms with Gasteiger partial charge in [0.15, 0.2) is 10.8 Å². The number of anilines is 1. The van der Waals surface area contributed by atoms with Crippen LogP contribution in [0, 0.1) is 0 Å². The molecule has 1 N–H and O–H groups in total. The van der Waals surface area contributed by atoms with Gasteiger partial charge in [-0.3, -0.25) is 4.79 Å². The molecule has 0 spiro atoms. The molecule has 3 aromatic rings. The molecule has 0 saturated carbocycles. The fourth-order valence-corrected chi connectivity index (χ4v) is 3.59. The molecule has 2 heterocycles. The van der Waals surface area contributed by atoms with Crippen molar-refractivity contribution in [3.8, 4) is 10.8 Å². The predicted molar refractivity (Wildman–Crippen MR) is 98.0 cm³/mol. The normalized spacial score (nSPS) is 10.8. The Morgan fingerprint density at radius 3 is 2.79 bits per heavy atom. The summed E-state index contributed by atoms with van der Waals surface area (Å²) in [6.07, 6.45) is 3.15. The second-order valence-corrected chi connectivity index (χ2v) is 6.50. The summed E-state index contributed by atoms with van der Waals surface area (Å²) in [5.74, 6) is 0.418. The summed E-state index contributed by atoms with van der Waals surface area (Å²) in [6, 6.07) is 7.45. The van der Waals surface area contributed by atoms with Crippen LogP contribution in [0.1, 0.15) is 35.5 Å². The summed E-state index contributed by atoms with van der Waals surface area (Å²) < 4.78 is 5.32. The first kappa shape index (κ1) is 16.7. The zero-order valence-electron chi connectivity index (χ0n) is 13.4. The Balaban J connectivity index is 1.89. The third-order valence-corrected chi connectivity index (χ3v) is 4.99. The molecule has 3 rings (SSSR count). The monoisotopic (exact) mass is 360 g/mol. The molecule has 1 aromatic carbocycles. The van der Waals surface area contributed by atoms with Gasteiger partial charge in [0.25, 0.3) is 5.91 Å². The van der Waals surface area contributed by atoms with E-state index in [0.717, 1.165) is 29.7 Å². The molecule has 0 aliphatic carbocycles. The van der Waals surface area contributed by atoms with Gasteiger partial charge in [-0.05, 0) is 42.2 Å². The maximum absolute atomic E-state index is 12.6. The standard InChI is InChI=1S/C18H17ClN2O2S/c1-3-11-7-8-13(19)12(4-2)16(11)21-17(22)14-10-24-18(20-14)15-6-5-9-23-15/h5-10H,3-4H2,1-2H3,(H,21,22). The van der Waals surface area contributed by atoms with Crippen LogP contribution in [0.4, 0.5) is 5.69 Å². The average molecular weight is 361 g/mol. The third-order valence-electron chi connectivity index (χ3n) is 3.78. The van der Waals surface area contributed by atoms with Crippen LogP contribution in [-0.4, -0.2) is 10.9 Å². The highest BCUT2D eigenvalue weighted by molar-refractivity contribution is 7.13. The van der Waals surface area contributed by atoms with E-state index in [0.29, 0.717) is 21.5 Å². The molecule has 2 aromatic heterocycles. The fraction of sp³-hybridized carbons (Fsp3) is 0.222. The summed E-state index contributed by atoms with van der Waals surface area (Å²) in [5.41, 5.74) is 3.18. The molecule has 6 heteroatoms. The molecule has 0 aliphatic heterocycles. The highest BCUT2D eigenvalue weighted by Crippen LogP contribution is 2.30. The van der Waals surface area contributed by atoms with Gasteiger partial charge in [-0.1, -0.05) is 31.5 Å². The van der Waals surface area contributed by atoms with E-state index in [2.05, 4.69) is 17.2 Å². The first-order chi connectivity index (χ1) is 11.6. The lowest BCUT2D eigenvalue weighted by molar-refractivity contribution is 0.102. The van der Waals surface area contributed by atoms with E-state index in [4.69, 9.17) is 16.0 Å². The smallest absolute Gasteiger partial charge is 0.275 e. The number of carbonyl (C=O) groups excluding carboxylic acids is 1. The maximum Gasteiger partial charge on any atom is 0.275 e. The zero-order valence-corrected chi connectivity index (χ0v) is 15.0. The van der Waals surface area contributed by atoms with E-state index in [9.17, 15) is 4.79 Å². The number of benzene rings is 1. The lowest BCUT2D eigenvalue weighted by Crippen LogP contribution is -2.15. The third kappa shape index (κ3) is 3.23. The van der Waals surface area contributed by atoms with Gasteiger partial charge in [0.05, 0.1) is 6.26 Å². The van der Waals surface area contributed by atoms with Crippen molar-refractivity contribution in [1.82, 2.24) is 4.98 Å². The summed E-state index contributed by atoms with van der Waals surface area (Å²) in [6.45, 7) is 4.07. The van der Waals surface area contributed by atoms with E-state index in [-0.39, 0.29) is 5.91 Å². The van der Waals surface area contributed by atoms with Gasteiger partial charge >= 0.3 is 0 Å². The number of aryl methyl sites for hydroxylation is 1. The first-order valence-corrected chi connectivity index (χ1v) is 9.00. The molecule has 0 fully saturated rings. The van der Waals surface area contributed by atoms with Gasteiger partial charge in [-0.25, -0.2) is 4.98 Å². The van der Waals surface area contributed by atoms with Crippen molar-refractivity contribution in [2.45, 2.75) is 26.7 Å². The number of aromatic nitrogens is 1. The number of hydrogen-bond donors (Lipinski definition) is 1.